The second kappa shape index (κ2) is 51.0. The first-order chi connectivity index (χ1) is 61.8. The van der Waals surface area contributed by atoms with Crippen LogP contribution < -0.4 is 26.0 Å². The number of carboxylic acid groups (broad SMARTS) is 4. The third kappa shape index (κ3) is 32.0. The number of aliphatic carboxylic acids is 4. The molecule has 10 atom stereocenters. The number of ketones is 7. The highest BCUT2D eigenvalue weighted by molar-refractivity contribution is 7.09. The van der Waals surface area contributed by atoms with Crippen molar-refractivity contribution in [1.82, 2.24) is 46.0 Å². The summed E-state index contributed by atoms with van der Waals surface area (Å²) in [5.41, 5.74) is 9.35. The number of hydrogen-bond acceptors (Lipinski definition) is 24. The van der Waals surface area contributed by atoms with Crippen LogP contribution in [0.25, 0.3) is 21.8 Å². The molecule has 0 radical (unpaired) electrons. The van der Waals surface area contributed by atoms with Gasteiger partial charge in [-0.05, 0) is 137 Å². The number of halogens is 2. The maximum Gasteiger partial charge on any atom is 0.329 e. The number of para-hydroxylation sites is 3. The molecule has 0 spiro atoms. The van der Waals surface area contributed by atoms with Crippen LogP contribution in [-0.2, 0) is 91.3 Å². The Hall–Kier alpha value is -13.0. The molecule has 3 aromatic heterocycles. The van der Waals surface area contributed by atoms with E-state index in [4.69, 9.17) is 9.47 Å². The van der Waals surface area contributed by atoms with E-state index < -0.39 is 180 Å². The number of esters is 1. The molecule has 2 aliphatic rings. The van der Waals surface area contributed by atoms with Crippen molar-refractivity contribution in [2.45, 2.75) is 198 Å². The molecule has 34 heteroatoms. The molecule has 10 rings (SSSR count). The second-order valence-corrected chi connectivity index (χ2v) is 35.2. The number of rotatable bonds is 41. The van der Waals surface area contributed by atoms with Gasteiger partial charge in [0.2, 0.25) is 23.6 Å². The largest absolute Gasteiger partial charge is 0.481 e. The van der Waals surface area contributed by atoms with Crippen molar-refractivity contribution in [3.8, 4) is 5.75 Å². The molecule has 0 aliphatic carbocycles. The normalized spacial score (nSPS) is 15.2. The SMILES string of the molecule is C.CC(=O)[C@@H](CC(=O)[C@H](CC(=O)O)NC(=O)[C@@H](CC(=O)c1ccc2ccccc2n1)C(C)C)C(C)C.CC(=O)[C@@H](CC(=O)[C@H](CC(=O)O)NC(=O)[C@@H](CC(=O)c1ccc2ccccc2n1)C(C)C)C(C)C.Cc1ccc2c(c1)CCN(C)[C@@H]2C(=O)N[C@@H](CC(=O)O)C(=O)COc1c(F)cccc1F.Cc1ccc2c(c1)CCN(C)[C@@H]2C(=O)N[C@@H](CC(=O)O)C(=O)OCc1cncs1. The number of fused-ring (bicyclic) bond motifs is 4. The van der Waals surface area contributed by atoms with Crippen LogP contribution in [0.5, 0.6) is 5.75 Å². The van der Waals surface area contributed by atoms with E-state index in [1.165, 1.54) is 25.2 Å². The summed E-state index contributed by atoms with van der Waals surface area (Å²) < 4.78 is 37.6. The third-order valence-corrected chi connectivity index (χ3v) is 23.5. The Labute approximate surface area is 769 Å². The second-order valence-electron chi connectivity index (χ2n) is 34.2. The summed E-state index contributed by atoms with van der Waals surface area (Å²) in [4.78, 5) is 215. The van der Waals surface area contributed by atoms with Crippen LogP contribution in [0, 0.1) is 72.8 Å². The number of benzene rings is 5. The Bertz CT molecular complexity index is 5290. The quantitative estimate of drug-likeness (QED) is 0.0130. The van der Waals surface area contributed by atoms with Gasteiger partial charge in [-0.25, -0.2) is 23.5 Å². The third-order valence-electron chi connectivity index (χ3n) is 22.7. The fourth-order valence-corrected chi connectivity index (χ4v) is 15.8. The number of aryl methyl sites for hydroxylation is 2. The maximum absolute atomic E-state index is 13.7. The Balaban J connectivity index is 0.000000271. The number of Topliss-reactive ketones (excluding diaryl/α,β-unsaturated/α-hetero) is 7. The first kappa shape index (κ1) is 108. The molecule has 708 valence electrons. The van der Waals surface area contributed by atoms with Gasteiger partial charge in [0.05, 0.1) is 59.2 Å². The van der Waals surface area contributed by atoms with Crippen molar-refractivity contribution in [2.24, 2.45) is 47.3 Å². The number of amides is 4. The summed E-state index contributed by atoms with van der Waals surface area (Å²) in [6.07, 6.45) is 0.138. The number of ether oxygens (including phenoxy) is 2. The standard InChI is InChI=1S/2C27H34N2O6.C23H24F2N2O5.C20H23N3O5S.CH4/c2*1-15(2)19(17(5)30)12-25(32)23(14-26(33)34)29-27(35)20(16(3)4)13-24(31)22-11-10-18-8-6-7-9-21(18)28-22;1-13-6-7-15-14(10-13)8-9-27(2)21(15)23(31)26-18(11-20(29)30)19(28)12-32-22-16(24)4-3-5-17(22)25;1-12-3-4-15-13(7-12)5-6-23(2)18(15)19(26)22-16(8-17(24)25)20(27)28-10-14-9-21-11-29-14;/h2*6-11,15-16,19-20,23H,12-14H2,1-5H3,(H,29,35)(H,33,34);3-7,10,18,21H,8-9,11-12H2,1-2H3,(H,26,31)(H,29,30);3-4,7,9,11,16,18H,5-6,8,10H2,1-2H3,(H,22,26)(H,24,25);1H4/t2*19-,20-,23-;18-,21-;16-,18-;/m0000./s1. The molecular weight excluding hydrogens is 1730 g/mol. The molecule has 8 N–H and O–H groups in total. The fourth-order valence-electron chi connectivity index (χ4n) is 15.3. The number of carbonyl (C=O) groups excluding carboxylic acids is 12. The van der Waals surface area contributed by atoms with E-state index in [1.54, 1.807) is 82.8 Å². The van der Waals surface area contributed by atoms with Crippen LogP contribution in [-0.4, -0.2) is 197 Å². The van der Waals surface area contributed by atoms with Gasteiger partial charge in [0.1, 0.15) is 60.3 Å². The van der Waals surface area contributed by atoms with Gasteiger partial charge >= 0.3 is 29.8 Å². The molecule has 2 aliphatic heterocycles. The van der Waals surface area contributed by atoms with Crippen molar-refractivity contribution < 1.29 is 115 Å². The van der Waals surface area contributed by atoms with Gasteiger partial charge in [-0.3, -0.25) is 86.7 Å². The van der Waals surface area contributed by atoms with E-state index in [0.29, 0.717) is 24.1 Å². The summed E-state index contributed by atoms with van der Waals surface area (Å²) in [5, 5.41) is 48.9. The van der Waals surface area contributed by atoms with Crippen molar-refractivity contribution in [3.63, 3.8) is 0 Å². The smallest absolute Gasteiger partial charge is 0.329 e. The Kier molecular flexibility index (Phi) is 41.7. The molecule has 0 saturated heterocycles. The minimum Gasteiger partial charge on any atom is -0.481 e. The lowest BCUT2D eigenvalue weighted by Gasteiger charge is -2.34. The zero-order chi connectivity index (χ0) is 96.9. The number of thiazole rings is 1. The molecule has 132 heavy (non-hydrogen) atoms. The van der Waals surface area contributed by atoms with Crippen LogP contribution in [0.1, 0.15) is 199 Å². The first-order valence-corrected chi connectivity index (χ1v) is 43.9. The van der Waals surface area contributed by atoms with Gasteiger partial charge in [0.25, 0.3) is 0 Å². The summed E-state index contributed by atoms with van der Waals surface area (Å²) in [5.74, 6) is -16.8. The molecule has 4 amide bonds. The highest BCUT2D eigenvalue weighted by Gasteiger charge is 2.40. The number of nitrogens with one attached hydrogen (secondary N) is 4. The highest BCUT2D eigenvalue weighted by Crippen LogP contribution is 2.34. The monoisotopic (exact) mass is 1840 g/mol. The fraction of sp³-hybridized carbons (Fsp3) is 0.439. The molecule has 5 aromatic carbocycles. The number of nitrogens with zero attached hydrogens (tertiary/aromatic N) is 5. The number of hydrogen-bond donors (Lipinski definition) is 8. The van der Waals surface area contributed by atoms with Crippen molar-refractivity contribution in [3.05, 3.63) is 200 Å². The Morgan fingerprint density at radius 3 is 1.21 bits per heavy atom. The topological polar surface area (TPSA) is 466 Å². The van der Waals surface area contributed by atoms with E-state index in [9.17, 15) is 106 Å². The lowest BCUT2D eigenvalue weighted by atomic mass is 9.85. The summed E-state index contributed by atoms with van der Waals surface area (Å²) in [6, 6.07) is 29.8. The number of aromatic nitrogens is 3. The van der Waals surface area contributed by atoms with E-state index in [-0.39, 0.29) is 97.9 Å². The molecular formula is C98H119F2N9O22S. The molecule has 0 unspecified atom stereocenters. The van der Waals surface area contributed by atoms with Crippen molar-refractivity contribution in [1.29, 1.82) is 0 Å². The number of carbonyl (C=O) groups is 16. The van der Waals surface area contributed by atoms with Crippen LogP contribution in [0.15, 0.2) is 139 Å². The van der Waals surface area contributed by atoms with E-state index in [0.717, 1.165) is 80.1 Å². The van der Waals surface area contributed by atoms with Crippen molar-refractivity contribution in [2.75, 3.05) is 33.8 Å². The lowest BCUT2D eigenvalue weighted by Crippen LogP contribution is -2.50. The number of likely N-dealkylation sites (N-methyl/N-ethyl adjacent to an activating group) is 2. The molecule has 5 heterocycles. The van der Waals surface area contributed by atoms with Gasteiger partial charge in [-0.2, -0.15) is 0 Å². The average Bonchev–Trinajstić information content (AvgIpc) is 1.01. The minimum atomic E-state index is -1.42. The van der Waals surface area contributed by atoms with Crippen LogP contribution in [0.3, 0.4) is 0 Å². The van der Waals surface area contributed by atoms with Gasteiger partial charge in [-0.15, -0.1) is 11.3 Å². The number of carboxylic acids is 4. The molecule has 0 bridgehead atoms. The summed E-state index contributed by atoms with van der Waals surface area (Å²) >= 11 is 1.32. The molecule has 0 fully saturated rings. The molecule has 0 saturated carbocycles. The number of pyridine rings is 2. The van der Waals surface area contributed by atoms with E-state index >= 15 is 0 Å². The van der Waals surface area contributed by atoms with E-state index in [1.807, 2.05) is 125 Å². The zero-order valence-corrected chi connectivity index (χ0v) is 76.6. The molecule has 31 nitrogen and oxygen atoms in total. The van der Waals surface area contributed by atoms with Gasteiger partial charge < -0.3 is 51.2 Å². The highest BCUT2D eigenvalue weighted by atomic mass is 32.1. The van der Waals surface area contributed by atoms with Crippen LogP contribution >= 0.6 is 11.3 Å². The zero-order valence-electron chi connectivity index (χ0n) is 75.8. The predicted molar refractivity (Wildman–Crippen MR) is 488 cm³/mol. The van der Waals surface area contributed by atoms with Gasteiger partial charge in [-0.1, -0.05) is 165 Å². The van der Waals surface area contributed by atoms with E-state index in [2.05, 4.69) is 42.3 Å². The Morgan fingerprint density at radius 2 is 0.841 bits per heavy atom. The van der Waals surface area contributed by atoms with Gasteiger partial charge in [0.15, 0.2) is 46.3 Å². The summed E-state index contributed by atoms with van der Waals surface area (Å²) in [7, 11) is 3.60. The van der Waals surface area contributed by atoms with Crippen LogP contribution in [0.4, 0.5) is 8.78 Å². The molecule has 8 aromatic rings. The first-order valence-electron chi connectivity index (χ1n) is 43.0. The summed E-state index contributed by atoms with van der Waals surface area (Å²) in [6.45, 7) is 21.6. The van der Waals surface area contributed by atoms with Crippen LogP contribution in [0.2, 0.25) is 0 Å². The minimum absolute atomic E-state index is 0. The maximum atomic E-state index is 13.7. The lowest BCUT2D eigenvalue weighted by molar-refractivity contribution is -0.153. The Morgan fingerprint density at radius 1 is 0.462 bits per heavy atom. The van der Waals surface area contributed by atoms with Crippen molar-refractivity contribution >= 4 is 127 Å². The predicted octanol–water partition coefficient (Wildman–Crippen LogP) is 12.4. The van der Waals surface area contributed by atoms with Gasteiger partial charge in [0, 0.05) is 79.4 Å². The average molecular weight is 1850 g/mol.